The number of aromatic nitrogens is 4. The van der Waals surface area contributed by atoms with Gasteiger partial charge in [-0.25, -0.2) is 4.68 Å². The van der Waals surface area contributed by atoms with Crippen LogP contribution in [0.1, 0.15) is 35.5 Å². The van der Waals surface area contributed by atoms with Crippen LogP contribution in [0.15, 0.2) is 47.7 Å². The molecule has 1 unspecified atom stereocenters. The summed E-state index contributed by atoms with van der Waals surface area (Å²) in [6.07, 6.45) is 3.72. The van der Waals surface area contributed by atoms with Gasteiger partial charge in [-0.15, -0.1) is 24.0 Å². The highest BCUT2D eigenvalue weighted by Gasteiger charge is 2.12. The van der Waals surface area contributed by atoms with Gasteiger partial charge >= 0.3 is 0 Å². The lowest BCUT2D eigenvalue weighted by atomic mass is 10.1. The molecule has 150 valence electrons. The van der Waals surface area contributed by atoms with Crippen LogP contribution in [0.3, 0.4) is 0 Å². The van der Waals surface area contributed by atoms with Crippen LogP contribution in [0, 0.1) is 13.8 Å². The Balaban J connectivity index is 0.00000280. The summed E-state index contributed by atoms with van der Waals surface area (Å²) in [7, 11) is 3.75. The summed E-state index contributed by atoms with van der Waals surface area (Å²) in [4.78, 5) is 4.36. The van der Waals surface area contributed by atoms with Crippen LogP contribution >= 0.6 is 24.0 Å². The quantitative estimate of drug-likeness (QED) is 0.325. The molecule has 2 aromatic heterocycles. The molecule has 0 saturated carbocycles. The van der Waals surface area contributed by atoms with Crippen LogP contribution in [-0.4, -0.2) is 32.6 Å². The van der Waals surface area contributed by atoms with Gasteiger partial charge in [0.15, 0.2) is 5.96 Å². The number of hydrogen-bond acceptors (Lipinski definition) is 3. The molecular formula is C20H28IN7. The van der Waals surface area contributed by atoms with E-state index in [0.29, 0.717) is 6.54 Å². The van der Waals surface area contributed by atoms with Crippen molar-refractivity contribution < 1.29 is 0 Å². The van der Waals surface area contributed by atoms with Crippen LogP contribution < -0.4 is 10.6 Å². The van der Waals surface area contributed by atoms with E-state index in [1.54, 1.807) is 13.2 Å². The Kier molecular flexibility index (Phi) is 7.61. The lowest BCUT2D eigenvalue weighted by Gasteiger charge is -2.19. The average molecular weight is 493 g/mol. The normalized spacial score (nSPS) is 12.4. The van der Waals surface area contributed by atoms with E-state index in [4.69, 9.17) is 0 Å². The first-order chi connectivity index (χ1) is 13.0. The Morgan fingerprint density at radius 1 is 1.25 bits per heavy atom. The van der Waals surface area contributed by atoms with Gasteiger partial charge in [-0.1, -0.05) is 12.1 Å². The van der Waals surface area contributed by atoms with Crippen molar-refractivity contribution >= 4 is 29.9 Å². The minimum Gasteiger partial charge on any atom is -0.352 e. The van der Waals surface area contributed by atoms with Crippen LogP contribution in [0.4, 0.5) is 0 Å². The van der Waals surface area contributed by atoms with Crippen molar-refractivity contribution in [2.24, 2.45) is 12.0 Å². The van der Waals surface area contributed by atoms with Gasteiger partial charge in [-0.2, -0.15) is 10.2 Å². The minimum atomic E-state index is 0. The number of hydrogen-bond donors (Lipinski definition) is 2. The Morgan fingerprint density at radius 2 is 2.04 bits per heavy atom. The third-order valence-corrected chi connectivity index (χ3v) is 4.81. The number of guanidine groups is 1. The summed E-state index contributed by atoms with van der Waals surface area (Å²) in [5, 5.41) is 15.6. The van der Waals surface area contributed by atoms with Crippen molar-refractivity contribution in [2.45, 2.75) is 33.4 Å². The molecule has 3 aromatic rings. The first-order valence-corrected chi connectivity index (χ1v) is 9.06. The molecule has 7 nitrogen and oxygen atoms in total. The maximum Gasteiger partial charge on any atom is 0.191 e. The fourth-order valence-corrected chi connectivity index (χ4v) is 3.09. The predicted molar refractivity (Wildman–Crippen MR) is 123 cm³/mol. The Labute approximate surface area is 183 Å². The zero-order valence-corrected chi connectivity index (χ0v) is 19.3. The molecule has 0 saturated heterocycles. The summed E-state index contributed by atoms with van der Waals surface area (Å²) in [5.41, 5.74) is 5.61. The molecule has 1 atom stereocenters. The number of nitrogens with one attached hydrogen (secondary N) is 2. The second kappa shape index (κ2) is 9.72. The lowest BCUT2D eigenvalue weighted by molar-refractivity contribution is 0.682. The molecule has 8 heteroatoms. The largest absolute Gasteiger partial charge is 0.352 e. The van der Waals surface area contributed by atoms with E-state index < -0.39 is 0 Å². The average Bonchev–Trinajstić information content (AvgIpc) is 3.28. The molecule has 28 heavy (non-hydrogen) atoms. The molecule has 0 aliphatic rings. The van der Waals surface area contributed by atoms with Crippen molar-refractivity contribution in [2.75, 3.05) is 7.05 Å². The zero-order chi connectivity index (χ0) is 19.4. The SMILES string of the molecule is CN=C(NCc1c(C)nn(C)c1C)NC(C)c1cccc(-n2cccn2)c1.I. The smallest absolute Gasteiger partial charge is 0.191 e. The first kappa shape index (κ1) is 21.9. The fraction of sp³-hybridized carbons (Fsp3) is 0.350. The third-order valence-electron chi connectivity index (χ3n) is 4.81. The number of nitrogens with zero attached hydrogens (tertiary/aromatic N) is 5. The number of halogens is 1. The number of aryl methyl sites for hydroxylation is 2. The third kappa shape index (κ3) is 4.92. The van der Waals surface area contributed by atoms with E-state index in [2.05, 4.69) is 51.8 Å². The number of rotatable bonds is 5. The molecule has 1 aromatic carbocycles. The second-order valence-electron chi connectivity index (χ2n) is 6.61. The molecule has 0 spiro atoms. The van der Waals surface area contributed by atoms with Crippen LogP contribution in [-0.2, 0) is 13.6 Å². The summed E-state index contributed by atoms with van der Waals surface area (Å²) in [6.45, 7) is 6.92. The monoisotopic (exact) mass is 493 g/mol. The van der Waals surface area contributed by atoms with E-state index in [-0.39, 0.29) is 30.0 Å². The van der Waals surface area contributed by atoms with Crippen molar-refractivity contribution in [1.82, 2.24) is 30.2 Å². The maximum atomic E-state index is 4.47. The molecule has 0 fully saturated rings. The second-order valence-corrected chi connectivity index (χ2v) is 6.61. The number of benzene rings is 1. The first-order valence-electron chi connectivity index (χ1n) is 9.06. The molecule has 0 aliphatic carbocycles. The number of aliphatic imine (C=N–C) groups is 1. The zero-order valence-electron chi connectivity index (χ0n) is 17.0. The van der Waals surface area contributed by atoms with E-state index in [1.807, 2.05) is 47.7 Å². The lowest BCUT2D eigenvalue weighted by Crippen LogP contribution is -2.38. The van der Waals surface area contributed by atoms with Gasteiger partial charge in [0.05, 0.1) is 17.4 Å². The van der Waals surface area contributed by atoms with Crippen molar-refractivity contribution in [1.29, 1.82) is 0 Å². The van der Waals surface area contributed by atoms with Crippen molar-refractivity contribution in [3.05, 3.63) is 65.2 Å². The predicted octanol–water partition coefficient (Wildman–Crippen LogP) is 3.27. The van der Waals surface area contributed by atoms with Crippen LogP contribution in [0.5, 0.6) is 0 Å². The molecule has 0 aliphatic heterocycles. The Bertz CT molecular complexity index is 928. The molecule has 2 heterocycles. The van der Waals surface area contributed by atoms with Gasteiger partial charge < -0.3 is 10.6 Å². The van der Waals surface area contributed by atoms with Gasteiger partial charge in [0.2, 0.25) is 0 Å². The van der Waals surface area contributed by atoms with Gasteiger partial charge in [0.25, 0.3) is 0 Å². The van der Waals surface area contributed by atoms with Crippen LogP contribution in [0.2, 0.25) is 0 Å². The topological polar surface area (TPSA) is 72.1 Å². The molecule has 0 bridgehead atoms. The van der Waals surface area contributed by atoms with Gasteiger partial charge in [-0.3, -0.25) is 9.67 Å². The summed E-state index contributed by atoms with van der Waals surface area (Å²) < 4.78 is 3.77. The van der Waals surface area contributed by atoms with Gasteiger partial charge in [0.1, 0.15) is 0 Å². The maximum absolute atomic E-state index is 4.47. The molecule has 3 rings (SSSR count). The van der Waals surface area contributed by atoms with Crippen molar-refractivity contribution in [3.8, 4) is 5.69 Å². The minimum absolute atomic E-state index is 0. The van der Waals surface area contributed by atoms with Crippen molar-refractivity contribution in [3.63, 3.8) is 0 Å². The van der Waals surface area contributed by atoms with E-state index >= 15 is 0 Å². The van der Waals surface area contributed by atoms with Gasteiger partial charge in [0, 0.05) is 44.3 Å². The standard InChI is InChI=1S/C20H27N7.HI/c1-14(17-8-6-9-18(12-17)27-11-7-10-23-27)24-20(21-4)22-13-19-15(2)25-26(5)16(19)3;/h6-12,14H,13H2,1-5H3,(H2,21,22,24);1H. The molecular weight excluding hydrogens is 465 g/mol. The van der Waals surface area contributed by atoms with E-state index in [1.165, 1.54) is 11.1 Å². The molecule has 0 amide bonds. The van der Waals surface area contributed by atoms with Crippen LogP contribution in [0.25, 0.3) is 5.69 Å². The summed E-state index contributed by atoms with van der Waals surface area (Å²) in [6, 6.07) is 10.3. The highest BCUT2D eigenvalue weighted by Crippen LogP contribution is 2.17. The highest BCUT2D eigenvalue weighted by molar-refractivity contribution is 14.0. The highest BCUT2D eigenvalue weighted by atomic mass is 127. The molecule has 2 N–H and O–H groups in total. The Hall–Kier alpha value is -2.36. The summed E-state index contributed by atoms with van der Waals surface area (Å²) >= 11 is 0. The molecule has 0 radical (unpaired) electrons. The van der Waals surface area contributed by atoms with Gasteiger partial charge in [-0.05, 0) is 44.5 Å². The Morgan fingerprint density at radius 3 is 2.64 bits per heavy atom. The van der Waals surface area contributed by atoms with E-state index in [9.17, 15) is 0 Å². The summed E-state index contributed by atoms with van der Waals surface area (Å²) in [5.74, 6) is 0.759. The van der Waals surface area contributed by atoms with E-state index in [0.717, 1.165) is 23.0 Å². The fourth-order valence-electron chi connectivity index (χ4n) is 3.09.